The first-order valence-corrected chi connectivity index (χ1v) is 13.7. The molecular weight excluding hydrogens is 530 g/mol. The molecule has 3 aliphatic rings. The summed E-state index contributed by atoms with van der Waals surface area (Å²) < 4.78 is 55.6. The van der Waals surface area contributed by atoms with E-state index in [0.29, 0.717) is 17.5 Å². The molecule has 2 aromatic rings. The summed E-state index contributed by atoms with van der Waals surface area (Å²) in [5.41, 5.74) is 0.400. The molecule has 1 saturated heterocycles. The minimum Gasteiger partial charge on any atom is -0.339 e. The molecule has 3 amide bonds. The Morgan fingerprint density at radius 3 is 2.25 bits per heavy atom. The SMILES string of the molecule is CC(C)n1nccc1C(=O)NC(C(=O)Nc1ccc(CC(=O)N2CCC2C(F)(F)F)cc1F)C(C1CC1)C1CC1. The van der Waals surface area contributed by atoms with Crippen molar-refractivity contribution < 1.29 is 31.9 Å². The van der Waals surface area contributed by atoms with E-state index in [0.717, 1.165) is 36.6 Å². The number of carbonyl (C=O) groups is 3. The van der Waals surface area contributed by atoms with Crippen molar-refractivity contribution in [2.45, 2.75) is 76.7 Å². The smallest absolute Gasteiger partial charge is 0.339 e. The first-order valence-electron chi connectivity index (χ1n) is 13.7. The number of hydrogen-bond donors (Lipinski definition) is 2. The Labute approximate surface area is 229 Å². The molecule has 0 radical (unpaired) electrons. The monoisotopic (exact) mass is 563 g/mol. The average molecular weight is 564 g/mol. The zero-order chi connectivity index (χ0) is 28.8. The van der Waals surface area contributed by atoms with Gasteiger partial charge in [-0.1, -0.05) is 6.07 Å². The number of hydrogen-bond acceptors (Lipinski definition) is 4. The van der Waals surface area contributed by atoms with Crippen LogP contribution in [0.25, 0.3) is 0 Å². The van der Waals surface area contributed by atoms with Gasteiger partial charge in [0.25, 0.3) is 5.91 Å². The van der Waals surface area contributed by atoms with Gasteiger partial charge >= 0.3 is 6.18 Å². The second-order valence-corrected chi connectivity index (χ2v) is 11.4. The number of rotatable bonds is 10. The van der Waals surface area contributed by atoms with Crippen molar-refractivity contribution >= 4 is 23.4 Å². The van der Waals surface area contributed by atoms with Crippen molar-refractivity contribution in [1.29, 1.82) is 0 Å². The first kappa shape index (κ1) is 28.1. The second kappa shape index (κ2) is 10.9. The van der Waals surface area contributed by atoms with Crippen LogP contribution in [-0.2, 0) is 16.0 Å². The van der Waals surface area contributed by atoms with E-state index in [-0.39, 0.29) is 42.6 Å². The van der Waals surface area contributed by atoms with Gasteiger partial charge in [0.15, 0.2) is 0 Å². The van der Waals surface area contributed by atoms with Gasteiger partial charge in [-0.15, -0.1) is 0 Å². The molecule has 0 bridgehead atoms. The number of aromatic nitrogens is 2. The molecule has 2 heterocycles. The maximum Gasteiger partial charge on any atom is 0.408 e. The number of benzene rings is 1. The van der Waals surface area contributed by atoms with Crippen molar-refractivity contribution in [3.05, 3.63) is 47.5 Å². The van der Waals surface area contributed by atoms with Gasteiger partial charge in [-0.3, -0.25) is 19.1 Å². The molecular formula is C28H33F4N5O3. The van der Waals surface area contributed by atoms with Gasteiger partial charge in [0, 0.05) is 18.8 Å². The molecule has 1 aromatic heterocycles. The highest BCUT2D eigenvalue weighted by molar-refractivity contribution is 6.01. The third kappa shape index (κ3) is 6.00. The molecule has 216 valence electrons. The number of likely N-dealkylation sites (tertiary alicyclic amines) is 1. The quantitative estimate of drug-likeness (QED) is 0.417. The van der Waals surface area contributed by atoms with Crippen LogP contribution in [-0.4, -0.2) is 57.2 Å². The molecule has 1 aromatic carbocycles. The number of alkyl halides is 3. The lowest BCUT2D eigenvalue weighted by molar-refractivity contribution is -0.212. The third-order valence-corrected chi connectivity index (χ3v) is 8.04. The molecule has 3 fully saturated rings. The summed E-state index contributed by atoms with van der Waals surface area (Å²) in [5.74, 6) is -1.98. The largest absolute Gasteiger partial charge is 0.408 e. The Bertz CT molecular complexity index is 1270. The highest BCUT2D eigenvalue weighted by atomic mass is 19.4. The maximum absolute atomic E-state index is 15.0. The number of amides is 3. The van der Waals surface area contributed by atoms with Crippen LogP contribution >= 0.6 is 0 Å². The van der Waals surface area contributed by atoms with Crippen molar-refractivity contribution in [3.8, 4) is 0 Å². The summed E-state index contributed by atoms with van der Waals surface area (Å²) in [6.07, 6.45) is 0.368. The molecule has 12 heteroatoms. The number of halogens is 4. The molecule has 0 spiro atoms. The molecule has 2 unspecified atom stereocenters. The summed E-state index contributed by atoms with van der Waals surface area (Å²) in [4.78, 5) is 39.9. The minimum atomic E-state index is -4.49. The summed E-state index contributed by atoms with van der Waals surface area (Å²) in [6, 6.07) is 2.59. The van der Waals surface area contributed by atoms with E-state index in [1.54, 1.807) is 10.7 Å². The molecule has 2 aliphatic carbocycles. The third-order valence-electron chi connectivity index (χ3n) is 8.04. The molecule has 2 saturated carbocycles. The molecule has 5 rings (SSSR count). The van der Waals surface area contributed by atoms with Crippen LogP contribution in [0.4, 0.5) is 23.2 Å². The number of anilines is 1. The lowest BCUT2D eigenvalue weighted by Crippen LogP contribution is -2.58. The van der Waals surface area contributed by atoms with Gasteiger partial charge in [0.1, 0.15) is 23.6 Å². The Morgan fingerprint density at radius 1 is 1.05 bits per heavy atom. The Balaban J connectivity index is 1.29. The van der Waals surface area contributed by atoms with E-state index in [1.807, 2.05) is 13.8 Å². The zero-order valence-electron chi connectivity index (χ0n) is 22.4. The van der Waals surface area contributed by atoms with Crippen LogP contribution in [0.5, 0.6) is 0 Å². The normalized spacial score (nSPS) is 19.9. The predicted octanol–water partition coefficient (Wildman–Crippen LogP) is 4.48. The highest BCUT2D eigenvalue weighted by Crippen LogP contribution is 2.51. The van der Waals surface area contributed by atoms with Gasteiger partial charge in [0.2, 0.25) is 11.8 Å². The standard InChI is InChI=1S/C28H33F4N5O3/c1-15(2)37-21(9-11-33-37)26(39)35-25(24(17-4-5-17)18-6-7-18)27(40)34-20-8-3-16(13-19(20)29)14-23(38)36-12-10-22(36)28(30,31)32/h3,8-9,11,13,15,17-18,22,24-25H,4-7,10,12,14H2,1-2H3,(H,34,40)(H,35,39). The van der Waals surface area contributed by atoms with Gasteiger partial charge in [-0.25, -0.2) is 4.39 Å². The summed E-state index contributed by atoms with van der Waals surface area (Å²) in [7, 11) is 0. The fraction of sp³-hybridized carbons (Fsp3) is 0.571. The van der Waals surface area contributed by atoms with E-state index in [2.05, 4.69) is 15.7 Å². The minimum absolute atomic E-state index is 0.00779. The van der Waals surface area contributed by atoms with E-state index in [1.165, 1.54) is 18.3 Å². The fourth-order valence-corrected chi connectivity index (χ4v) is 5.63. The van der Waals surface area contributed by atoms with Gasteiger partial charge < -0.3 is 15.5 Å². The van der Waals surface area contributed by atoms with Crippen LogP contribution < -0.4 is 10.6 Å². The summed E-state index contributed by atoms with van der Waals surface area (Å²) in [6.45, 7) is 3.79. The molecule has 2 N–H and O–H groups in total. The van der Waals surface area contributed by atoms with Crippen molar-refractivity contribution in [2.75, 3.05) is 11.9 Å². The Morgan fingerprint density at radius 2 is 1.73 bits per heavy atom. The summed E-state index contributed by atoms with van der Waals surface area (Å²) >= 11 is 0. The average Bonchev–Trinajstić information content (AvgIpc) is 3.77. The maximum atomic E-state index is 15.0. The molecule has 2 atom stereocenters. The molecule has 40 heavy (non-hydrogen) atoms. The van der Waals surface area contributed by atoms with Crippen molar-refractivity contribution in [1.82, 2.24) is 20.0 Å². The number of nitrogens with zero attached hydrogens (tertiary/aromatic N) is 3. The van der Waals surface area contributed by atoms with E-state index < -0.39 is 41.8 Å². The van der Waals surface area contributed by atoms with Gasteiger partial charge in [-0.05, 0) is 87.5 Å². The van der Waals surface area contributed by atoms with E-state index in [4.69, 9.17) is 0 Å². The lowest BCUT2D eigenvalue weighted by Gasteiger charge is -2.41. The molecule has 1 aliphatic heterocycles. The summed E-state index contributed by atoms with van der Waals surface area (Å²) in [5, 5.41) is 9.70. The lowest BCUT2D eigenvalue weighted by atomic mass is 9.88. The Kier molecular flexibility index (Phi) is 7.62. The van der Waals surface area contributed by atoms with E-state index >= 15 is 4.39 Å². The van der Waals surface area contributed by atoms with Crippen molar-refractivity contribution in [2.24, 2.45) is 17.8 Å². The van der Waals surface area contributed by atoms with Gasteiger partial charge in [-0.2, -0.15) is 18.3 Å². The first-order chi connectivity index (χ1) is 18.9. The zero-order valence-corrected chi connectivity index (χ0v) is 22.4. The van der Waals surface area contributed by atoms with Gasteiger partial charge in [0.05, 0.1) is 12.1 Å². The molecule has 8 nitrogen and oxygen atoms in total. The second-order valence-electron chi connectivity index (χ2n) is 11.4. The van der Waals surface area contributed by atoms with Crippen LogP contribution in [0, 0.1) is 23.6 Å². The van der Waals surface area contributed by atoms with Crippen LogP contribution in [0.2, 0.25) is 0 Å². The van der Waals surface area contributed by atoms with Crippen molar-refractivity contribution in [3.63, 3.8) is 0 Å². The van der Waals surface area contributed by atoms with Crippen LogP contribution in [0.3, 0.4) is 0 Å². The number of carbonyl (C=O) groups excluding carboxylic acids is 3. The fourth-order valence-electron chi connectivity index (χ4n) is 5.63. The predicted molar refractivity (Wildman–Crippen MR) is 138 cm³/mol. The van der Waals surface area contributed by atoms with Crippen LogP contribution in [0.1, 0.15) is 68.0 Å². The van der Waals surface area contributed by atoms with E-state index in [9.17, 15) is 27.6 Å². The topological polar surface area (TPSA) is 96.3 Å². The number of nitrogens with one attached hydrogen (secondary N) is 2. The highest BCUT2D eigenvalue weighted by Gasteiger charge is 2.50. The Hall–Kier alpha value is -3.44. The van der Waals surface area contributed by atoms with Crippen LogP contribution in [0.15, 0.2) is 30.5 Å².